The maximum Gasteiger partial charge on any atom is 0.252 e. The van der Waals surface area contributed by atoms with Gasteiger partial charge in [0.25, 0.3) is 5.91 Å². The summed E-state index contributed by atoms with van der Waals surface area (Å²) in [4.78, 5) is 30.4. The number of fused-ring (bicyclic) bond motifs is 1. The minimum Gasteiger partial charge on any atom is -0.369 e. The van der Waals surface area contributed by atoms with Crippen molar-refractivity contribution in [3.63, 3.8) is 0 Å². The third-order valence-corrected chi connectivity index (χ3v) is 5.27. The van der Waals surface area contributed by atoms with Crippen molar-refractivity contribution in [2.75, 3.05) is 52.1 Å². The molecule has 3 rings (SSSR count). The first-order chi connectivity index (χ1) is 16.1. The van der Waals surface area contributed by atoms with E-state index in [1.807, 2.05) is 18.2 Å². The Morgan fingerprint density at radius 2 is 1.85 bits per heavy atom. The second-order valence-electron chi connectivity index (χ2n) is 8.36. The van der Waals surface area contributed by atoms with E-state index in [-0.39, 0.29) is 5.91 Å². The molecule has 2 heterocycles. The number of para-hydroxylation sites is 1. The van der Waals surface area contributed by atoms with Crippen LogP contribution < -0.4 is 10.6 Å². The van der Waals surface area contributed by atoms with Gasteiger partial charge in [0.15, 0.2) is 0 Å². The summed E-state index contributed by atoms with van der Waals surface area (Å²) in [6, 6.07) is 11.6. The lowest BCUT2D eigenvalue weighted by Gasteiger charge is -2.22. The number of nitrogens with one attached hydrogen (secondary N) is 2. The van der Waals surface area contributed by atoms with Crippen molar-refractivity contribution in [1.29, 1.82) is 0 Å². The van der Waals surface area contributed by atoms with Crippen LogP contribution in [-0.4, -0.2) is 77.5 Å². The molecule has 8 nitrogen and oxygen atoms in total. The number of hydrogen-bond donors (Lipinski definition) is 2. The molecule has 176 valence electrons. The maximum atomic E-state index is 12.3. The number of rotatable bonds is 13. The number of hydrogen-bond acceptors (Lipinski definition) is 7. The van der Waals surface area contributed by atoms with Gasteiger partial charge in [0.1, 0.15) is 11.6 Å². The predicted molar refractivity (Wildman–Crippen MR) is 133 cm³/mol. The van der Waals surface area contributed by atoms with Crippen LogP contribution in [0.5, 0.6) is 0 Å². The second kappa shape index (κ2) is 12.8. The minimum atomic E-state index is -0.106. The number of pyridine rings is 1. The van der Waals surface area contributed by atoms with E-state index in [1.54, 1.807) is 24.5 Å². The SMILES string of the molecule is CCCN(CCNC(=O)c1cccnc1)Cc1nc(NCCCN(C)C)c2ccccc2n1. The lowest BCUT2D eigenvalue weighted by Crippen LogP contribution is -2.35. The number of benzene rings is 1. The molecule has 1 aromatic carbocycles. The summed E-state index contributed by atoms with van der Waals surface area (Å²) in [5.41, 5.74) is 1.52. The van der Waals surface area contributed by atoms with E-state index in [0.29, 0.717) is 18.7 Å². The molecule has 33 heavy (non-hydrogen) atoms. The summed E-state index contributed by atoms with van der Waals surface area (Å²) in [5.74, 6) is 1.57. The molecule has 2 aromatic heterocycles. The molecule has 0 fully saturated rings. The zero-order valence-electron chi connectivity index (χ0n) is 19.9. The highest BCUT2D eigenvalue weighted by molar-refractivity contribution is 5.93. The van der Waals surface area contributed by atoms with Crippen molar-refractivity contribution in [1.82, 2.24) is 30.1 Å². The molecule has 2 N–H and O–H groups in total. The fourth-order valence-electron chi connectivity index (χ4n) is 3.65. The van der Waals surface area contributed by atoms with Crippen LogP contribution in [-0.2, 0) is 6.54 Å². The van der Waals surface area contributed by atoms with Gasteiger partial charge in [-0.1, -0.05) is 19.1 Å². The lowest BCUT2D eigenvalue weighted by molar-refractivity contribution is 0.0947. The van der Waals surface area contributed by atoms with Crippen LogP contribution in [0.15, 0.2) is 48.8 Å². The van der Waals surface area contributed by atoms with Gasteiger partial charge in [0.2, 0.25) is 0 Å². The monoisotopic (exact) mass is 449 g/mol. The Kier molecular flexibility index (Phi) is 9.53. The summed E-state index contributed by atoms with van der Waals surface area (Å²) < 4.78 is 0. The van der Waals surface area contributed by atoms with Crippen LogP contribution >= 0.6 is 0 Å². The van der Waals surface area contributed by atoms with E-state index in [4.69, 9.17) is 9.97 Å². The van der Waals surface area contributed by atoms with E-state index in [9.17, 15) is 4.79 Å². The van der Waals surface area contributed by atoms with Crippen molar-refractivity contribution in [2.45, 2.75) is 26.3 Å². The Balaban J connectivity index is 1.64. The number of carbonyl (C=O) groups excluding carboxylic acids is 1. The Morgan fingerprint density at radius 3 is 2.61 bits per heavy atom. The van der Waals surface area contributed by atoms with Gasteiger partial charge in [-0.05, 0) is 64.3 Å². The standard InChI is InChI=1S/C25H35N7O/c1-4-15-32(17-14-28-25(33)20-9-7-12-26-18-20)19-23-29-22-11-6-5-10-21(22)24(30-23)27-13-8-16-31(2)3/h5-7,9-12,18H,4,8,13-17,19H2,1-3H3,(H,28,33)(H,27,29,30). The molecule has 0 saturated carbocycles. The van der Waals surface area contributed by atoms with Crippen molar-refractivity contribution in [3.8, 4) is 0 Å². The smallest absolute Gasteiger partial charge is 0.252 e. The van der Waals surface area contributed by atoms with E-state index in [0.717, 1.165) is 61.6 Å². The van der Waals surface area contributed by atoms with Crippen molar-refractivity contribution < 1.29 is 4.79 Å². The first-order valence-corrected chi connectivity index (χ1v) is 11.6. The summed E-state index contributed by atoms with van der Waals surface area (Å²) in [7, 11) is 4.17. The Hall–Kier alpha value is -3.10. The zero-order valence-corrected chi connectivity index (χ0v) is 19.9. The maximum absolute atomic E-state index is 12.3. The summed E-state index contributed by atoms with van der Waals surface area (Å²) in [6.45, 7) is 6.85. The molecule has 0 aliphatic carbocycles. The van der Waals surface area contributed by atoms with Gasteiger partial charge < -0.3 is 15.5 Å². The van der Waals surface area contributed by atoms with Crippen molar-refractivity contribution >= 4 is 22.6 Å². The highest BCUT2D eigenvalue weighted by Crippen LogP contribution is 2.20. The van der Waals surface area contributed by atoms with E-state index in [1.165, 1.54) is 0 Å². The molecule has 0 radical (unpaired) electrons. The van der Waals surface area contributed by atoms with Gasteiger partial charge in [-0.15, -0.1) is 0 Å². The van der Waals surface area contributed by atoms with Gasteiger partial charge >= 0.3 is 0 Å². The average Bonchev–Trinajstić information content (AvgIpc) is 2.82. The fraction of sp³-hybridized carbons (Fsp3) is 0.440. The fourth-order valence-corrected chi connectivity index (χ4v) is 3.65. The highest BCUT2D eigenvalue weighted by atomic mass is 16.1. The van der Waals surface area contributed by atoms with Crippen LogP contribution in [0.3, 0.4) is 0 Å². The second-order valence-corrected chi connectivity index (χ2v) is 8.36. The minimum absolute atomic E-state index is 0.106. The van der Waals surface area contributed by atoms with E-state index >= 15 is 0 Å². The number of aromatic nitrogens is 3. The topological polar surface area (TPSA) is 86.3 Å². The van der Waals surface area contributed by atoms with Crippen LogP contribution in [0.1, 0.15) is 35.9 Å². The van der Waals surface area contributed by atoms with Crippen molar-refractivity contribution in [2.24, 2.45) is 0 Å². The van der Waals surface area contributed by atoms with Gasteiger partial charge in [-0.25, -0.2) is 9.97 Å². The molecule has 3 aromatic rings. The molecular formula is C25H35N7O. The van der Waals surface area contributed by atoms with Crippen molar-refractivity contribution in [3.05, 3.63) is 60.2 Å². The van der Waals surface area contributed by atoms with Crippen LogP contribution in [0.25, 0.3) is 10.9 Å². The molecule has 1 amide bonds. The molecule has 0 aliphatic rings. The molecule has 0 saturated heterocycles. The third kappa shape index (κ3) is 7.76. The molecule has 0 aliphatic heterocycles. The largest absolute Gasteiger partial charge is 0.369 e. The number of carbonyl (C=O) groups is 1. The van der Waals surface area contributed by atoms with Crippen LogP contribution in [0, 0.1) is 0 Å². The van der Waals surface area contributed by atoms with Gasteiger partial charge in [0, 0.05) is 37.4 Å². The van der Waals surface area contributed by atoms with E-state index < -0.39 is 0 Å². The number of anilines is 1. The number of amides is 1. The molecule has 0 bridgehead atoms. The first-order valence-electron chi connectivity index (χ1n) is 11.6. The zero-order chi connectivity index (χ0) is 23.5. The summed E-state index contributed by atoms with van der Waals surface area (Å²) in [6.07, 6.45) is 5.29. The number of nitrogens with zero attached hydrogens (tertiary/aromatic N) is 5. The Labute approximate surface area is 196 Å². The van der Waals surface area contributed by atoms with Gasteiger partial charge in [-0.3, -0.25) is 14.7 Å². The molecular weight excluding hydrogens is 414 g/mol. The molecule has 0 unspecified atom stereocenters. The molecule has 0 spiro atoms. The Bertz CT molecular complexity index is 1010. The first kappa shape index (κ1) is 24.5. The lowest BCUT2D eigenvalue weighted by atomic mass is 10.2. The molecule has 8 heteroatoms. The normalized spacial score (nSPS) is 11.3. The highest BCUT2D eigenvalue weighted by Gasteiger charge is 2.12. The van der Waals surface area contributed by atoms with E-state index in [2.05, 4.69) is 52.5 Å². The van der Waals surface area contributed by atoms with Crippen LogP contribution in [0.4, 0.5) is 5.82 Å². The quantitative estimate of drug-likeness (QED) is 0.388. The van der Waals surface area contributed by atoms with Gasteiger partial charge in [-0.2, -0.15) is 0 Å². The average molecular weight is 450 g/mol. The predicted octanol–water partition coefficient (Wildman–Crippen LogP) is 3.03. The van der Waals surface area contributed by atoms with Crippen LogP contribution in [0.2, 0.25) is 0 Å². The third-order valence-electron chi connectivity index (χ3n) is 5.27. The van der Waals surface area contributed by atoms with Gasteiger partial charge in [0.05, 0.1) is 17.6 Å². The summed E-state index contributed by atoms with van der Waals surface area (Å²) in [5, 5.41) is 7.52. The summed E-state index contributed by atoms with van der Waals surface area (Å²) >= 11 is 0. The molecule has 0 atom stereocenters. The Morgan fingerprint density at radius 1 is 1.00 bits per heavy atom.